The molecule has 0 aliphatic heterocycles. The zero-order valence-corrected chi connectivity index (χ0v) is 8.16. The number of allylic oxidation sites excluding steroid dienone is 2. The first-order valence-corrected chi connectivity index (χ1v) is 4.67. The quantitative estimate of drug-likeness (QED) is 0.476. The molecule has 0 aromatic heterocycles. The molecule has 0 nitrogen and oxygen atoms in total. The highest BCUT2D eigenvalue weighted by Crippen LogP contribution is 2.09. The van der Waals surface area contributed by atoms with E-state index in [-0.39, 0.29) is 0 Å². The Balaban J connectivity index is 2.58. The van der Waals surface area contributed by atoms with Crippen LogP contribution in [0.1, 0.15) is 24.0 Å². The van der Waals surface area contributed by atoms with Crippen molar-refractivity contribution in [3.8, 4) is 0 Å². The van der Waals surface area contributed by atoms with Gasteiger partial charge in [0.25, 0.3) is 0 Å². The predicted molar refractivity (Wildman–Crippen MR) is 59.6 cm³/mol. The Kier molecular flexibility index (Phi) is 4.04. The summed E-state index contributed by atoms with van der Waals surface area (Å²) in [5, 5.41) is 0. The van der Waals surface area contributed by atoms with Crippen LogP contribution < -0.4 is 0 Å². The molecule has 0 heterocycles. The molecule has 1 rings (SSSR count). The Labute approximate surface area is 80.6 Å². The van der Waals surface area contributed by atoms with Gasteiger partial charge in [-0.25, -0.2) is 0 Å². The maximum Gasteiger partial charge on any atom is -0.0231 e. The maximum atomic E-state index is 3.69. The van der Waals surface area contributed by atoms with Crippen LogP contribution >= 0.6 is 0 Å². The number of hydrogen-bond donors (Lipinski definition) is 0. The normalized spacial score (nSPS) is 10.5. The fourth-order valence-electron chi connectivity index (χ4n) is 1.20. The van der Waals surface area contributed by atoms with Gasteiger partial charge in [0.15, 0.2) is 0 Å². The lowest BCUT2D eigenvalue weighted by Crippen LogP contribution is -1.77. The molecule has 0 bridgehead atoms. The van der Waals surface area contributed by atoms with Crippen molar-refractivity contribution in [2.45, 2.75) is 19.8 Å². The average molecular weight is 172 g/mol. The third-order valence-electron chi connectivity index (χ3n) is 2.02. The molecule has 0 spiro atoms. The zero-order chi connectivity index (χ0) is 9.52. The fraction of sp³-hybridized carbons (Fsp3) is 0.231. The molecule has 0 amide bonds. The number of aryl methyl sites for hydroxylation is 1. The van der Waals surface area contributed by atoms with Gasteiger partial charge in [0.05, 0.1) is 0 Å². The van der Waals surface area contributed by atoms with E-state index < -0.39 is 0 Å². The molecule has 0 saturated heterocycles. The first-order chi connectivity index (χ1) is 6.34. The summed E-state index contributed by atoms with van der Waals surface area (Å²) in [6, 6.07) is 8.41. The van der Waals surface area contributed by atoms with Crippen molar-refractivity contribution < 1.29 is 0 Å². The molecule has 0 unspecified atom stereocenters. The second-order valence-corrected chi connectivity index (χ2v) is 3.12. The van der Waals surface area contributed by atoms with E-state index in [0.717, 1.165) is 12.8 Å². The minimum atomic E-state index is 1.06. The molecule has 0 N–H and O–H groups in total. The molecule has 0 radical (unpaired) electrons. The van der Waals surface area contributed by atoms with E-state index in [1.807, 2.05) is 6.08 Å². The molecule has 13 heavy (non-hydrogen) atoms. The van der Waals surface area contributed by atoms with Gasteiger partial charge in [-0.1, -0.05) is 42.5 Å². The first-order valence-electron chi connectivity index (χ1n) is 4.67. The molecule has 0 fully saturated rings. The summed E-state index contributed by atoms with van der Waals surface area (Å²) in [7, 11) is 0. The predicted octanol–water partition coefficient (Wildman–Crippen LogP) is 3.97. The third kappa shape index (κ3) is 3.29. The van der Waals surface area contributed by atoms with Crippen LogP contribution in [-0.4, -0.2) is 0 Å². The topological polar surface area (TPSA) is 0 Å². The summed E-state index contributed by atoms with van der Waals surface area (Å²) >= 11 is 0. The van der Waals surface area contributed by atoms with E-state index in [9.17, 15) is 0 Å². The van der Waals surface area contributed by atoms with Gasteiger partial charge in [-0.2, -0.15) is 0 Å². The highest BCUT2D eigenvalue weighted by Gasteiger charge is 1.89. The van der Waals surface area contributed by atoms with Gasteiger partial charge in [0, 0.05) is 0 Å². The van der Waals surface area contributed by atoms with Gasteiger partial charge >= 0.3 is 0 Å². The van der Waals surface area contributed by atoms with E-state index >= 15 is 0 Å². The monoisotopic (exact) mass is 172 g/mol. The van der Waals surface area contributed by atoms with Crippen molar-refractivity contribution in [2.24, 2.45) is 0 Å². The number of unbranched alkanes of at least 4 members (excludes halogenated alkanes) is 1. The van der Waals surface area contributed by atoms with Gasteiger partial charge in [0.1, 0.15) is 0 Å². The fourth-order valence-corrected chi connectivity index (χ4v) is 1.20. The van der Waals surface area contributed by atoms with E-state index in [2.05, 4.69) is 49.9 Å². The van der Waals surface area contributed by atoms with E-state index in [4.69, 9.17) is 0 Å². The van der Waals surface area contributed by atoms with Crippen molar-refractivity contribution in [2.75, 3.05) is 0 Å². The highest BCUT2D eigenvalue weighted by molar-refractivity contribution is 5.53. The molecule has 0 atom stereocenters. The molecule has 0 heteroatoms. The van der Waals surface area contributed by atoms with Crippen molar-refractivity contribution in [1.82, 2.24) is 0 Å². The molecule has 0 saturated carbocycles. The van der Waals surface area contributed by atoms with Crippen LogP contribution in [0.25, 0.3) is 6.08 Å². The van der Waals surface area contributed by atoms with Crippen molar-refractivity contribution in [3.05, 3.63) is 54.1 Å². The lowest BCUT2D eigenvalue weighted by molar-refractivity contribution is 1.06. The largest absolute Gasteiger partial charge is 0.103 e. The standard InChI is InChI=1S/C13H16/c1-3-4-5-6-10-13-11-8-7-9-12(13)2/h3,6-11H,1,4-5H2,2H3. The Bertz CT molecular complexity index is 295. The van der Waals surface area contributed by atoms with E-state index in [1.165, 1.54) is 11.1 Å². The summed E-state index contributed by atoms with van der Waals surface area (Å²) in [4.78, 5) is 0. The van der Waals surface area contributed by atoms with Gasteiger partial charge in [-0.15, -0.1) is 6.58 Å². The Hall–Kier alpha value is -1.30. The van der Waals surface area contributed by atoms with E-state index in [0.29, 0.717) is 0 Å². The number of benzene rings is 1. The Morgan fingerprint density at radius 3 is 2.69 bits per heavy atom. The molecule has 0 aliphatic rings. The summed E-state index contributed by atoms with van der Waals surface area (Å²) in [6.07, 6.45) is 8.46. The smallest absolute Gasteiger partial charge is 0.0231 e. The van der Waals surface area contributed by atoms with Gasteiger partial charge in [-0.3, -0.25) is 0 Å². The summed E-state index contributed by atoms with van der Waals surface area (Å²) in [6.45, 7) is 5.82. The SMILES string of the molecule is C=CCCC=Cc1ccccc1C. The van der Waals surface area contributed by atoms with Crippen LogP contribution in [0.3, 0.4) is 0 Å². The third-order valence-corrected chi connectivity index (χ3v) is 2.02. The van der Waals surface area contributed by atoms with Crippen LogP contribution in [0.15, 0.2) is 43.0 Å². The van der Waals surface area contributed by atoms with Crippen molar-refractivity contribution >= 4 is 6.08 Å². The van der Waals surface area contributed by atoms with Gasteiger partial charge < -0.3 is 0 Å². The molecule has 1 aromatic rings. The molecule has 68 valence electrons. The molecule has 1 aromatic carbocycles. The zero-order valence-electron chi connectivity index (χ0n) is 8.16. The van der Waals surface area contributed by atoms with Gasteiger partial charge in [0.2, 0.25) is 0 Å². The second kappa shape index (κ2) is 5.36. The second-order valence-electron chi connectivity index (χ2n) is 3.12. The minimum absolute atomic E-state index is 1.06. The number of rotatable bonds is 4. The molecular weight excluding hydrogens is 156 g/mol. The minimum Gasteiger partial charge on any atom is -0.103 e. The first kappa shape index (κ1) is 9.79. The van der Waals surface area contributed by atoms with Crippen LogP contribution in [0.5, 0.6) is 0 Å². The Morgan fingerprint density at radius 1 is 1.23 bits per heavy atom. The molecular formula is C13H16. The maximum absolute atomic E-state index is 3.69. The molecule has 0 aliphatic carbocycles. The van der Waals surface area contributed by atoms with Crippen molar-refractivity contribution in [1.29, 1.82) is 0 Å². The summed E-state index contributed by atoms with van der Waals surface area (Å²) in [5.74, 6) is 0. The summed E-state index contributed by atoms with van der Waals surface area (Å²) in [5.41, 5.74) is 2.64. The van der Waals surface area contributed by atoms with Crippen LogP contribution in [-0.2, 0) is 0 Å². The van der Waals surface area contributed by atoms with Crippen molar-refractivity contribution in [3.63, 3.8) is 0 Å². The number of hydrogen-bond acceptors (Lipinski definition) is 0. The van der Waals surface area contributed by atoms with Gasteiger partial charge in [-0.05, 0) is 30.9 Å². The summed E-state index contributed by atoms with van der Waals surface area (Å²) < 4.78 is 0. The van der Waals surface area contributed by atoms with Crippen LogP contribution in [0.2, 0.25) is 0 Å². The highest BCUT2D eigenvalue weighted by atomic mass is 13.9. The van der Waals surface area contributed by atoms with E-state index in [1.54, 1.807) is 0 Å². The lowest BCUT2D eigenvalue weighted by atomic mass is 10.1. The average Bonchev–Trinajstić information content (AvgIpc) is 2.15. The van der Waals surface area contributed by atoms with Crippen LogP contribution in [0, 0.1) is 6.92 Å². The lowest BCUT2D eigenvalue weighted by Gasteiger charge is -1.97. The van der Waals surface area contributed by atoms with Crippen LogP contribution in [0.4, 0.5) is 0 Å². The Morgan fingerprint density at radius 2 is 2.00 bits per heavy atom.